The molecule has 0 aliphatic carbocycles. The van der Waals surface area contributed by atoms with E-state index in [1.807, 2.05) is 18.2 Å². The standard InChI is InChI=1S/C13H11BrN2O2S/c14-9-6-16-7-10(15)13(9)19-8-1-2-11-12(5-8)18-4-3-17-11/h1-2,5-7H,3-4,15H2. The Hall–Kier alpha value is -1.40. The molecule has 0 fully saturated rings. The summed E-state index contributed by atoms with van der Waals surface area (Å²) in [7, 11) is 0. The third-order valence-corrected chi connectivity index (χ3v) is 4.63. The Labute approximate surface area is 123 Å². The van der Waals surface area contributed by atoms with Crippen LogP contribution in [0.1, 0.15) is 0 Å². The maximum Gasteiger partial charge on any atom is 0.162 e. The lowest BCUT2D eigenvalue weighted by Gasteiger charge is -2.18. The van der Waals surface area contributed by atoms with Gasteiger partial charge in [-0.25, -0.2) is 0 Å². The van der Waals surface area contributed by atoms with E-state index in [1.165, 1.54) is 0 Å². The SMILES string of the molecule is Nc1cncc(Br)c1Sc1ccc2c(c1)OCCO2. The highest BCUT2D eigenvalue weighted by molar-refractivity contribution is 9.10. The van der Waals surface area contributed by atoms with Gasteiger partial charge in [0.25, 0.3) is 0 Å². The molecule has 1 aromatic carbocycles. The highest BCUT2D eigenvalue weighted by Crippen LogP contribution is 2.40. The van der Waals surface area contributed by atoms with Crippen molar-refractivity contribution in [3.8, 4) is 11.5 Å². The minimum Gasteiger partial charge on any atom is -0.486 e. The summed E-state index contributed by atoms with van der Waals surface area (Å²) in [4.78, 5) is 6.02. The molecule has 19 heavy (non-hydrogen) atoms. The van der Waals surface area contributed by atoms with Crippen molar-refractivity contribution in [2.75, 3.05) is 18.9 Å². The maximum atomic E-state index is 5.94. The van der Waals surface area contributed by atoms with Crippen LogP contribution in [0.3, 0.4) is 0 Å². The van der Waals surface area contributed by atoms with E-state index >= 15 is 0 Å². The lowest BCUT2D eigenvalue weighted by molar-refractivity contribution is 0.171. The van der Waals surface area contributed by atoms with Gasteiger partial charge >= 0.3 is 0 Å². The van der Waals surface area contributed by atoms with Crippen molar-refractivity contribution in [1.29, 1.82) is 0 Å². The molecule has 1 aromatic heterocycles. The summed E-state index contributed by atoms with van der Waals surface area (Å²) < 4.78 is 11.9. The van der Waals surface area contributed by atoms with Crippen LogP contribution >= 0.6 is 27.7 Å². The highest BCUT2D eigenvalue weighted by Gasteiger charge is 2.13. The molecular weight excluding hydrogens is 328 g/mol. The molecule has 2 N–H and O–H groups in total. The number of nitrogen functional groups attached to an aromatic ring is 1. The van der Waals surface area contributed by atoms with E-state index < -0.39 is 0 Å². The lowest BCUT2D eigenvalue weighted by Crippen LogP contribution is -2.15. The molecule has 0 saturated heterocycles. The number of hydrogen-bond acceptors (Lipinski definition) is 5. The summed E-state index contributed by atoms with van der Waals surface area (Å²) in [5.74, 6) is 1.57. The van der Waals surface area contributed by atoms with Gasteiger partial charge in [0, 0.05) is 11.1 Å². The molecule has 0 radical (unpaired) electrons. The Morgan fingerprint density at radius 2 is 1.95 bits per heavy atom. The Morgan fingerprint density at radius 3 is 2.74 bits per heavy atom. The van der Waals surface area contributed by atoms with Crippen LogP contribution < -0.4 is 15.2 Å². The summed E-state index contributed by atoms with van der Waals surface area (Å²) >= 11 is 5.03. The van der Waals surface area contributed by atoms with Crippen LogP contribution in [0.5, 0.6) is 11.5 Å². The van der Waals surface area contributed by atoms with Crippen LogP contribution in [0.4, 0.5) is 5.69 Å². The van der Waals surface area contributed by atoms with Gasteiger partial charge in [-0.3, -0.25) is 4.98 Å². The molecule has 3 rings (SSSR count). The van der Waals surface area contributed by atoms with Crippen LogP contribution in [0.15, 0.2) is 44.9 Å². The number of rotatable bonds is 2. The van der Waals surface area contributed by atoms with E-state index in [9.17, 15) is 0 Å². The number of fused-ring (bicyclic) bond motifs is 1. The minimum absolute atomic E-state index is 0.586. The molecule has 4 nitrogen and oxygen atoms in total. The number of benzene rings is 1. The molecule has 2 heterocycles. The first-order chi connectivity index (χ1) is 9.24. The predicted octanol–water partition coefficient (Wildman–Crippen LogP) is 3.35. The largest absolute Gasteiger partial charge is 0.486 e. The van der Waals surface area contributed by atoms with Crippen LogP contribution in [-0.2, 0) is 0 Å². The zero-order chi connectivity index (χ0) is 13.2. The molecule has 98 valence electrons. The molecule has 0 bridgehead atoms. The van der Waals surface area contributed by atoms with Crippen molar-refractivity contribution >= 4 is 33.4 Å². The van der Waals surface area contributed by atoms with E-state index in [1.54, 1.807) is 24.2 Å². The van der Waals surface area contributed by atoms with Crippen molar-refractivity contribution in [3.63, 3.8) is 0 Å². The van der Waals surface area contributed by atoms with Crippen molar-refractivity contribution in [1.82, 2.24) is 4.98 Å². The van der Waals surface area contributed by atoms with Gasteiger partial charge in [-0.2, -0.15) is 0 Å². The van der Waals surface area contributed by atoms with Gasteiger partial charge in [0.05, 0.1) is 21.3 Å². The van der Waals surface area contributed by atoms with Crippen LogP contribution in [0.2, 0.25) is 0 Å². The molecule has 6 heteroatoms. The number of aromatic nitrogens is 1. The van der Waals surface area contributed by atoms with E-state index in [-0.39, 0.29) is 0 Å². The van der Waals surface area contributed by atoms with Crippen LogP contribution in [0, 0.1) is 0 Å². The van der Waals surface area contributed by atoms with E-state index in [2.05, 4.69) is 20.9 Å². The second-order valence-electron chi connectivity index (χ2n) is 3.95. The molecule has 0 amide bonds. The fourth-order valence-corrected chi connectivity index (χ4v) is 3.20. The van der Waals surface area contributed by atoms with Gasteiger partial charge in [0.1, 0.15) is 13.2 Å². The van der Waals surface area contributed by atoms with Crippen LogP contribution in [0.25, 0.3) is 0 Å². The van der Waals surface area contributed by atoms with Crippen LogP contribution in [-0.4, -0.2) is 18.2 Å². The highest BCUT2D eigenvalue weighted by atomic mass is 79.9. The average Bonchev–Trinajstić information content (AvgIpc) is 2.43. The van der Waals surface area contributed by atoms with Gasteiger partial charge in [-0.1, -0.05) is 11.8 Å². The smallest absolute Gasteiger partial charge is 0.162 e. The quantitative estimate of drug-likeness (QED) is 0.909. The third-order valence-electron chi connectivity index (χ3n) is 2.61. The van der Waals surface area contributed by atoms with Gasteiger partial charge in [-0.15, -0.1) is 0 Å². The first-order valence-corrected chi connectivity index (χ1v) is 7.31. The molecule has 0 unspecified atom stereocenters. The third kappa shape index (κ3) is 2.64. The minimum atomic E-state index is 0.586. The number of ether oxygens (including phenoxy) is 2. The molecular formula is C13H11BrN2O2S. The summed E-state index contributed by atoms with van der Waals surface area (Å²) in [5.41, 5.74) is 6.59. The zero-order valence-corrected chi connectivity index (χ0v) is 12.3. The normalized spacial score (nSPS) is 13.3. The van der Waals surface area contributed by atoms with E-state index in [0.29, 0.717) is 18.9 Å². The molecule has 1 aliphatic rings. The summed E-state index contributed by atoms with van der Waals surface area (Å²) in [5, 5.41) is 0. The number of hydrogen-bond donors (Lipinski definition) is 1. The monoisotopic (exact) mass is 338 g/mol. The number of nitrogens with zero attached hydrogens (tertiary/aromatic N) is 1. The molecule has 0 saturated carbocycles. The first kappa shape index (κ1) is 12.6. The molecule has 0 atom stereocenters. The zero-order valence-electron chi connectivity index (χ0n) is 9.93. The second kappa shape index (κ2) is 5.30. The second-order valence-corrected chi connectivity index (χ2v) is 5.89. The number of nitrogens with two attached hydrogens (primary N) is 1. The fourth-order valence-electron chi connectivity index (χ4n) is 1.75. The van der Waals surface area contributed by atoms with Crippen molar-refractivity contribution in [2.45, 2.75) is 9.79 Å². The summed E-state index contributed by atoms with van der Waals surface area (Å²) in [6.07, 6.45) is 3.38. The number of halogens is 1. The Morgan fingerprint density at radius 1 is 1.16 bits per heavy atom. The van der Waals surface area contributed by atoms with Crippen molar-refractivity contribution < 1.29 is 9.47 Å². The summed E-state index contributed by atoms with van der Waals surface area (Å²) in [6.45, 7) is 1.19. The number of pyridine rings is 1. The van der Waals surface area contributed by atoms with E-state index in [0.717, 1.165) is 25.8 Å². The molecule has 1 aliphatic heterocycles. The Kier molecular flexibility index (Phi) is 3.52. The Balaban J connectivity index is 1.91. The Bertz CT molecular complexity index is 601. The van der Waals surface area contributed by atoms with Crippen molar-refractivity contribution in [3.05, 3.63) is 35.1 Å². The van der Waals surface area contributed by atoms with Crippen molar-refractivity contribution in [2.24, 2.45) is 0 Å². The van der Waals surface area contributed by atoms with Gasteiger partial charge < -0.3 is 15.2 Å². The topological polar surface area (TPSA) is 57.4 Å². The fraction of sp³-hybridized carbons (Fsp3) is 0.154. The lowest BCUT2D eigenvalue weighted by atomic mass is 10.3. The maximum absolute atomic E-state index is 5.94. The molecule has 0 spiro atoms. The molecule has 2 aromatic rings. The predicted molar refractivity (Wildman–Crippen MR) is 77.9 cm³/mol. The van der Waals surface area contributed by atoms with Gasteiger partial charge in [0.2, 0.25) is 0 Å². The number of anilines is 1. The first-order valence-electron chi connectivity index (χ1n) is 5.70. The summed E-state index contributed by atoms with van der Waals surface area (Å²) in [6, 6.07) is 5.87. The average molecular weight is 339 g/mol. The van der Waals surface area contributed by atoms with E-state index in [4.69, 9.17) is 15.2 Å². The van der Waals surface area contributed by atoms with Gasteiger partial charge in [-0.05, 0) is 34.1 Å². The van der Waals surface area contributed by atoms with Gasteiger partial charge in [0.15, 0.2) is 11.5 Å².